The van der Waals surface area contributed by atoms with Crippen LogP contribution < -0.4 is 11.1 Å². The monoisotopic (exact) mass is 375 g/mol. The number of hydrogen-bond donors (Lipinski definition) is 2. The lowest BCUT2D eigenvalue weighted by Gasteiger charge is -2.35. The van der Waals surface area contributed by atoms with E-state index >= 15 is 0 Å². The molecule has 3 N–H and O–H groups in total. The Morgan fingerprint density at radius 3 is 2.54 bits per heavy atom. The van der Waals surface area contributed by atoms with E-state index in [0.29, 0.717) is 24.8 Å². The molecule has 0 saturated carbocycles. The number of rotatable bonds is 6. The quantitative estimate of drug-likeness (QED) is 0.799. The summed E-state index contributed by atoms with van der Waals surface area (Å²) in [4.78, 5) is 14.5. The summed E-state index contributed by atoms with van der Waals surface area (Å²) >= 11 is 6.37. The molecule has 5 nitrogen and oxygen atoms in total. The van der Waals surface area contributed by atoms with Crippen LogP contribution >= 0.6 is 24.0 Å². The predicted molar refractivity (Wildman–Crippen MR) is 99.7 cm³/mol. The average Bonchev–Trinajstić information content (AvgIpc) is 2.56. The standard InChI is InChI=1S/C17H26ClN3O2.ClH/c1-12(2)16(19)17(22)20-11-15(21-7-9-23-10-8-21)13-5-3-4-6-14(13)18;/h3-6,12,15-16H,7-11,19H2,1-2H3,(H,20,22);1H/t15?,16-;/m0./s1. The Labute approximate surface area is 155 Å². The van der Waals surface area contributed by atoms with Gasteiger partial charge in [-0.3, -0.25) is 9.69 Å². The molecule has 1 aromatic rings. The third kappa shape index (κ3) is 5.60. The van der Waals surface area contributed by atoms with E-state index in [1.807, 2.05) is 38.1 Å². The summed E-state index contributed by atoms with van der Waals surface area (Å²) in [5, 5.41) is 3.70. The number of nitrogens with one attached hydrogen (secondary N) is 1. The molecule has 24 heavy (non-hydrogen) atoms. The first-order valence-electron chi connectivity index (χ1n) is 8.10. The lowest BCUT2D eigenvalue weighted by atomic mass is 10.0. The second kappa shape index (κ2) is 10.2. The molecule has 136 valence electrons. The molecule has 0 spiro atoms. The number of morpholine rings is 1. The van der Waals surface area contributed by atoms with Crippen molar-refractivity contribution >= 4 is 29.9 Å². The number of hydrogen-bond acceptors (Lipinski definition) is 4. The fraction of sp³-hybridized carbons (Fsp3) is 0.588. The highest BCUT2D eigenvalue weighted by Gasteiger charge is 2.26. The number of nitrogens with zero attached hydrogens (tertiary/aromatic N) is 1. The van der Waals surface area contributed by atoms with E-state index in [-0.39, 0.29) is 30.3 Å². The zero-order valence-electron chi connectivity index (χ0n) is 14.2. The normalized spacial score (nSPS) is 17.9. The van der Waals surface area contributed by atoms with Gasteiger partial charge in [-0.1, -0.05) is 43.6 Å². The summed E-state index contributed by atoms with van der Waals surface area (Å²) in [6.45, 7) is 7.41. The van der Waals surface area contributed by atoms with Crippen LogP contribution in [0, 0.1) is 5.92 Å². The molecule has 1 heterocycles. The maximum absolute atomic E-state index is 12.2. The van der Waals surface area contributed by atoms with Crippen LogP contribution in [0.15, 0.2) is 24.3 Å². The number of ether oxygens (including phenoxy) is 1. The maximum Gasteiger partial charge on any atom is 0.237 e. The minimum Gasteiger partial charge on any atom is -0.379 e. The van der Waals surface area contributed by atoms with Gasteiger partial charge in [-0.2, -0.15) is 0 Å². The Morgan fingerprint density at radius 2 is 1.96 bits per heavy atom. The highest BCUT2D eigenvalue weighted by molar-refractivity contribution is 6.31. The van der Waals surface area contributed by atoms with Crippen molar-refractivity contribution in [3.8, 4) is 0 Å². The number of halogens is 2. The molecule has 0 aliphatic carbocycles. The summed E-state index contributed by atoms with van der Waals surface area (Å²) in [5.74, 6) is -0.0116. The summed E-state index contributed by atoms with van der Waals surface area (Å²) in [7, 11) is 0. The van der Waals surface area contributed by atoms with Gasteiger partial charge < -0.3 is 15.8 Å². The minimum absolute atomic E-state index is 0. The first-order valence-corrected chi connectivity index (χ1v) is 8.48. The van der Waals surface area contributed by atoms with Gasteiger partial charge in [0.25, 0.3) is 0 Å². The molecule has 2 rings (SSSR count). The molecule has 1 unspecified atom stereocenters. The van der Waals surface area contributed by atoms with Crippen molar-refractivity contribution in [3.05, 3.63) is 34.9 Å². The Balaban J connectivity index is 0.00000288. The Kier molecular flexibility index (Phi) is 9.02. The van der Waals surface area contributed by atoms with Crippen molar-refractivity contribution in [1.82, 2.24) is 10.2 Å². The lowest BCUT2D eigenvalue weighted by Crippen LogP contribution is -2.48. The van der Waals surface area contributed by atoms with Crippen LogP contribution in [0.2, 0.25) is 5.02 Å². The smallest absolute Gasteiger partial charge is 0.237 e. The third-order valence-electron chi connectivity index (χ3n) is 4.24. The number of carbonyl (C=O) groups is 1. The number of nitrogens with two attached hydrogens (primary N) is 1. The second-order valence-electron chi connectivity index (χ2n) is 6.20. The van der Waals surface area contributed by atoms with E-state index in [9.17, 15) is 4.79 Å². The molecule has 1 fully saturated rings. The molecule has 1 saturated heterocycles. The second-order valence-corrected chi connectivity index (χ2v) is 6.61. The molecule has 0 aromatic heterocycles. The highest BCUT2D eigenvalue weighted by atomic mass is 35.5. The molecule has 2 atom stereocenters. The Hall–Kier alpha value is -0.850. The van der Waals surface area contributed by atoms with E-state index in [0.717, 1.165) is 18.7 Å². The van der Waals surface area contributed by atoms with Gasteiger partial charge in [-0.25, -0.2) is 0 Å². The van der Waals surface area contributed by atoms with Gasteiger partial charge in [-0.15, -0.1) is 12.4 Å². The maximum atomic E-state index is 12.2. The van der Waals surface area contributed by atoms with Crippen molar-refractivity contribution in [2.45, 2.75) is 25.9 Å². The molecule has 7 heteroatoms. The summed E-state index contributed by atoms with van der Waals surface area (Å²) in [6, 6.07) is 7.30. The zero-order chi connectivity index (χ0) is 16.8. The summed E-state index contributed by atoms with van der Waals surface area (Å²) in [6.07, 6.45) is 0. The van der Waals surface area contributed by atoms with Crippen molar-refractivity contribution in [2.24, 2.45) is 11.7 Å². The highest BCUT2D eigenvalue weighted by Crippen LogP contribution is 2.27. The molecule has 1 aliphatic heterocycles. The largest absolute Gasteiger partial charge is 0.379 e. The Bertz CT molecular complexity index is 522. The van der Waals surface area contributed by atoms with Crippen LogP contribution in [0.1, 0.15) is 25.5 Å². The zero-order valence-corrected chi connectivity index (χ0v) is 15.8. The minimum atomic E-state index is -0.494. The van der Waals surface area contributed by atoms with Crippen LogP contribution in [-0.2, 0) is 9.53 Å². The van der Waals surface area contributed by atoms with E-state index in [1.165, 1.54) is 0 Å². The van der Waals surface area contributed by atoms with E-state index < -0.39 is 6.04 Å². The van der Waals surface area contributed by atoms with Crippen LogP contribution in [0.4, 0.5) is 0 Å². The van der Waals surface area contributed by atoms with Gasteiger partial charge in [0.15, 0.2) is 0 Å². The van der Waals surface area contributed by atoms with Crippen molar-refractivity contribution < 1.29 is 9.53 Å². The van der Waals surface area contributed by atoms with Crippen LogP contribution in [0.25, 0.3) is 0 Å². The summed E-state index contributed by atoms with van der Waals surface area (Å²) in [5.41, 5.74) is 6.94. The van der Waals surface area contributed by atoms with Crippen LogP contribution in [0.5, 0.6) is 0 Å². The fourth-order valence-corrected chi connectivity index (χ4v) is 2.95. The number of carbonyl (C=O) groups excluding carboxylic acids is 1. The molecule has 0 radical (unpaired) electrons. The van der Waals surface area contributed by atoms with Crippen molar-refractivity contribution in [3.63, 3.8) is 0 Å². The van der Waals surface area contributed by atoms with E-state index in [4.69, 9.17) is 22.1 Å². The molecular formula is C17H27Cl2N3O2. The van der Waals surface area contributed by atoms with Crippen LogP contribution in [0.3, 0.4) is 0 Å². The van der Waals surface area contributed by atoms with Gasteiger partial charge in [0.05, 0.1) is 25.3 Å². The molecule has 1 aliphatic rings. The number of amides is 1. The van der Waals surface area contributed by atoms with Gasteiger partial charge in [0.2, 0.25) is 5.91 Å². The van der Waals surface area contributed by atoms with Crippen molar-refractivity contribution in [1.29, 1.82) is 0 Å². The van der Waals surface area contributed by atoms with Crippen molar-refractivity contribution in [2.75, 3.05) is 32.8 Å². The molecule has 1 aromatic carbocycles. The predicted octanol–water partition coefficient (Wildman–Crippen LogP) is 2.23. The van der Waals surface area contributed by atoms with Gasteiger partial charge in [0.1, 0.15) is 0 Å². The molecule has 0 bridgehead atoms. The third-order valence-corrected chi connectivity index (χ3v) is 4.59. The Morgan fingerprint density at radius 1 is 1.33 bits per heavy atom. The average molecular weight is 376 g/mol. The van der Waals surface area contributed by atoms with E-state index in [2.05, 4.69) is 10.2 Å². The van der Waals surface area contributed by atoms with E-state index in [1.54, 1.807) is 0 Å². The van der Waals surface area contributed by atoms with Gasteiger partial charge in [0, 0.05) is 24.7 Å². The molecular weight excluding hydrogens is 349 g/mol. The van der Waals surface area contributed by atoms with Gasteiger partial charge in [-0.05, 0) is 17.5 Å². The fourth-order valence-electron chi connectivity index (χ4n) is 2.69. The molecule has 1 amide bonds. The van der Waals surface area contributed by atoms with Crippen LogP contribution in [-0.4, -0.2) is 49.7 Å². The topological polar surface area (TPSA) is 67.6 Å². The summed E-state index contributed by atoms with van der Waals surface area (Å²) < 4.78 is 5.43. The lowest BCUT2D eigenvalue weighted by molar-refractivity contribution is -0.123. The SMILES string of the molecule is CC(C)[C@H](N)C(=O)NCC(c1ccccc1Cl)N1CCOCC1.Cl. The first kappa shape index (κ1) is 21.2. The first-order chi connectivity index (χ1) is 11.0. The van der Waals surface area contributed by atoms with Gasteiger partial charge >= 0.3 is 0 Å². The number of benzene rings is 1.